The van der Waals surface area contributed by atoms with Crippen molar-refractivity contribution in [2.45, 2.75) is 51.5 Å². The van der Waals surface area contributed by atoms with Crippen molar-refractivity contribution in [3.8, 4) is 0 Å². The van der Waals surface area contributed by atoms with Gasteiger partial charge in [0, 0.05) is 32.3 Å². The number of nitrogens with zero attached hydrogens (tertiary/aromatic N) is 7. The molecule has 4 heterocycles. The summed E-state index contributed by atoms with van der Waals surface area (Å²) in [5.41, 5.74) is 0. The molecule has 2 aliphatic rings. The van der Waals surface area contributed by atoms with Gasteiger partial charge >= 0.3 is 0 Å². The first-order valence-electron chi connectivity index (χ1n) is 9.86. The number of piperidine rings is 2. The predicted molar refractivity (Wildman–Crippen MR) is 101 cm³/mol. The van der Waals surface area contributed by atoms with Crippen LogP contribution in [0.5, 0.6) is 0 Å². The topological polar surface area (TPSA) is 63.0 Å². The summed E-state index contributed by atoms with van der Waals surface area (Å²) in [6.45, 7) is 7.24. The first-order valence-corrected chi connectivity index (χ1v) is 9.86. The van der Waals surface area contributed by atoms with E-state index in [1.54, 1.807) is 0 Å². The average molecular weight is 355 g/mol. The predicted octanol–water partition coefficient (Wildman–Crippen LogP) is 2.28. The molecule has 2 aromatic heterocycles. The summed E-state index contributed by atoms with van der Waals surface area (Å²) in [4.78, 5) is 13.7. The third-order valence-corrected chi connectivity index (χ3v) is 5.68. The van der Waals surface area contributed by atoms with E-state index in [9.17, 15) is 0 Å². The number of likely N-dealkylation sites (tertiary alicyclic amines) is 1. The highest BCUT2D eigenvalue weighted by molar-refractivity contribution is 5.38. The van der Waals surface area contributed by atoms with Crippen molar-refractivity contribution in [3.05, 3.63) is 29.7 Å². The number of hydrogen-bond donors (Lipinski definition) is 0. The van der Waals surface area contributed by atoms with Gasteiger partial charge in [0.1, 0.15) is 23.3 Å². The van der Waals surface area contributed by atoms with Crippen LogP contribution in [0.4, 0.5) is 5.82 Å². The Hall–Kier alpha value is -2.02. The van der Waals surface area contributed by atoms with Crippen LogP contribution in [0.2, 0.25) is 0 Å². The SMILES string of the molecule is Cc1nccc(N2CCC[C@H](c3nnc(CN4CCCCC4)n3C)C2)n1. The molecule has 0 aromatic carbocycles. The molecule has 7 nitrogen and oxygen atoms in total. The van der Waals surface area contributed by atoms with E-state index in [2.05, 4.69) is 41.6 Å². The fraction of sp³-hybridized carbons (Fsp3) is 0.684. The molecule has 26 heavy (non-hydrogen) atoms. The van der Waals surface area contributed by atoms with Gasteiger partial charge in [-0.05, 0) is 51.8 Å². The number of hydrogen-bond acceptors (Lipinski definition) is 6. The largest absolute Gasteiger partial charge is 0.356 e. The van der Waals surface area contributed by atoms with Crippen LogP contribution in [-0.2, 0) is 13.6 Å². The number of aromatic nitrogens is 5. The highest BCUT2D eigenvalue weighted by Gasteiger charge is 2.27. The molecule has 140 valence electrons. The van der Waals surface area contributed by atoms with Crippen LogP contribution < -0.4 is 4.90 Å². The average Bonchev–Trinajstić information content (AvgIpc) is 3.03. The third-order valence-electron chi connectivity index (χ3n) is 5.68. The molecule has 0 unspecified atom stereocenters. The maximum absolute atomic E-state index is 4.60. The fourth-order valence-corrected chi connectivity index (χ4v) is 4.20. The number of aryl methyl sites for hydroxylation is 1. The maximum atomic E-state index is 4.60. The summed E-state index contributed by atoms with van der Waals surface area (Å²) < 4.78 is 2.23. The molecular weight excluding hydrogens is 326 g/mol. The number of rotatable bonds is 4. The lowest BCUT2D eigenvalue weighted by Gasteiger charge is -2.33. The molecule has 0 saturated carbocycles. The Balaban J connectivity index is 1.46. The van der Waals surface area contributed by atoms with Crippen molar-refractivity contribution in [2.75, 3.05) is 31.1 Å². The van der Waals surface area contributed by atoms with E-state index in [1.165, 1.54) is 32.4 Å². The van der Waals surface area contributed by atoms with Gasteiger partial charge in [0.2, 0.25) is 0 Å². The van der Waals surface area contributed by atoms with Gasteiger partial charge in [-0.15, -0.1) is 10.2 Å². The molecule has 2 aromatic rings. The van der Waals surface area contributed by atoms with Crippen LogP contribution in [0.1, 0.15) is 55.5 Å². The lowest BCUT2D eigenvalue weighted by Crippen LogP contribution is -2.36. The van der Waals surface area contributed by atoms with Gasteiger partial charge in [0.25, 0.3) is 0 Å². The molecule has 0 N–H and O–H groups in total. The Morgan fingerprint density at radius 2 is 1.92 bits per heavy atom. The molecule has 4 rings (SSSR count). The van der Waals surface area contributed by atoms with E-state index in [1.807, 2.05) is 19.2 Å². The lowest BCUT2D eigenvalue weighted by atomic mass is 9.97. The molecule has 2 fully saturated rings. The first kappa shape index (κ1) is 17.4. The molecule has 0 radical (unpaired) electrons. The van der Waals surface area contributed by atoms with Crippen molar-refractivity contribution >= 4 is 5.82 Å². The minimum atomic E-state index is 0.409. The highest BCUT2D eigenvalue weighted by Crippen LogP contribution is 2.28. The fourth-order valence-electron chi connectivity index (χ4n) is 4.20. The molecule has 0 spiro atoms. The summed E-state index contributed by atoms with van der Waals surface area (Å²) in [5, 5.41) is 9.10. The van der Waals surface area contributed by atoms with E-state index in [-0.39, 0.29) is 0 Å². The van der Waals surface area contributed by atoms with Crippen molar-refractivity contribution in [1.82, 2.24) is 29.6 Å². The minimum Gasteiger partial charge on any atom is -0.356 e. The lowest BCUT2D eigenvalue weighted by molar-refractivity contribution is 0.213. The molecule has 0 aliphatic carbocycles. The van der Waals surface area contributed by atoms with Gasteiger partial charge in [-0.3, -0.25) is 4.90 Å². The second-order valence-electron chi connectivity index (χ2n) is 7.62. The molecule has 1 atom stereocenters. The Kier molecular flexibility index (Phi) is 5.15. The van der Waals surface area contributed by atoms with Crippen LogP contribution in [0.3, 0.4) is 0 Å². The van der Waals surface area contributed by atoms with Crippen LogP contribution in [0, 0.1) is 6.92 Å². The zero-order valence-electron chi connectivity index (χ0n) is 15.9. The zero-order chi connectivity index (χ0) is 17.9. The van der Waals surface area contributed by atoms with E-state index < -0.39 is 0 Å². The Morgan fingerprint density at radius 1 is 1.08 bits per heavy atom. The van der Waals surface area contributed by atoms with Crippen LogP contribution in [-0.4, -0.2) is 55.8 Å². The van der Waals surface area contributed by atoms with Crippen LogP contribution in [0.15, 0.2) is 12.3 Å². The molecule has 0 amide bonds. The van der Waals surface area contributed by atoms with E-state index in [0.29, 0.717) is 5.92 Å². The summed E-state index contributed by atoms with van der Waals surface area (Å²) in [6.07, 6.45) is 8.14. The third kappa shape index (κ3) is 3.72. The first-order chi connectivity index (χ1) is 12.7. The summed E-state index contributed by atoms with van der Waals surface area (Å²) in [5.74, 6) is 4.47. The molecule has 7 heteroatoms. The van der Waals surface area contributed by atoms with Crippen LogP contribution in [0.25, 0.3) is 0 Å². The van der Waals surface area contributed by atoms with Gasteiger partial charge < -0.3 is 9.47 Å². The molecule has 2 saturated heterocycles. The summed E-state index contributed by atoms with van der Waals surface area (Å²) >= 11 is 0. The maximum Gasteiger partial charge on any atom is 0.146 e. The Bertz CT molecular complexity index is 735. The van der Waals surface area contributed by atoms with Crippen molar-refractivity contribution in [2.24, 2.45) is 7.05 Å². The van der Waals surface area contributed by atoms with Gasteiger partial charge in [0.05, 0.1) is 6.54 Å². The Labute approximate surface area is 155 Å². The smallest absolute Gasteiger partial charge is 0.146 e. The molecule has 2 aliphatic heterocycles. The van der Waals surface area contributed by atoms with Crippen molar-refractivity contribution < 1.29 is 0 Å². The van der Waals surface area contributed by atoms with E-state index >= 15 is 0 Å². The van der Waals surface area contributed by atoms with Gasteiger partial charge in [-0.1, -0.05) is 6.42 Å². The summed E-state index contributed by atoms with van der Waals surface area (Å²) in [7, 11) is 2.13. The van der Waals surface area contributed by atoms with E-state index in [0.717, 1.165) is 55.8 Å². The highest BCUT2D eigenvalue weighted by atomic mass is 15.3. The van der Waals surface area contributed by atoms with Crippen molar-refractivity contribution in [3.63, 3.8) is 0 Å². The van der Waals surface area contributed by atoms with Gasteiger partial charge in [-0.25, -0.2) is 9.97 Å². The normalized spacial score (nSPS) is 21.9. The molecule has 0 bridgehead atoms. The monoisotopic (exact) mass is 355 g/mol. The molecular formula is C19H29N7. The zero-order valence-corrected chi connectivity index (χ0v) is 15.9. The number of anilines is 1. The van der Waals surface area contributed by atoms with Gasteiger partial charge in [-0.2, -0.15) is 0 Å². The standard InChI is InChI=1S/C19H29N7/c1-15-20-9-8-17(21-15)26-12-6-7-16(13-26)19-23-22-18(24(19)2)14-25-10-4-3-5-11-25/h8-9,16H,3-7,10-14H2,1-2H3/t16-/m0/s1. The quantitative estimate of drug-likeness (QED) is 0.838. The minimum absolute atomic E-state index is 0.409. The summed E-state index contributed by atoms with van der Waals surface area (Å²) in [6, 6.07) is 2.01. The second-order valence-corrected chi connectivity index (χ2v) is 7.62. The Morgan fingerprint density at radius 3 is 2.73 bits per heavy atom. The van der Waals surface area contributed by atoms with E-state index in [4.69, 9.17) is 0 Å². The van der Waals surface area contributed by atoms with Crippen LogP contribution >= 0.6 is 0 Å². The second kappa shape index (κ2) is 7.70. The van der Waals surface area contributed by atoms with Crippen molar-refractivity contribution in [1.29, 1.82) is 0 Å². The van der Waals surface area contributed by atoms with Gasteiger partial charge in [0.15, 0.2) is 0 Å².